The Labute approximate surface area is 155 Å². The SMILES string of the molecule is NCCCCCCCN1Cc2ccccc2C2=C1c1ccccc1C2=O. The summed E-state index contributed by atoms with van der Waals surface area (Å²) in [6, 6.07) is 16.4. The van der Waals surface area contributed by atoms with Gasteiger partial charge in [0, 0.05) is 24.2 Å². The van der Waals surface area contributed by atoms with Crippen LogP contribution in [0.4, 0.5) is 0 Å². The molecule has 0 aromatic heterocycles. The number of carbonyl (C=O) groups excluding carboxylic acids is 1. The molecule has 4 rings (SSSR count). The van der Waals surface area contributed by atoms with Crippen molar-refractivity contribution in [3.05, 3.63) is 70.8 Å². The van der Waals surface area contributed by atoms with Gasteiger partial charge in [-0.05, 0) is 30.5 Å². The first kappa shape index (κ1) is 17.0. The lowest BCUT2D eigenvalue weighted by atomic mass is 9.92. The Kier molecular flexibility index (Phi) is 4.89. The van der Waals surface area contributed by atoms with E-state index in [4.69, 9.17) is 5.73 Å². The van der Waals surface area contributed by atoms with Gasteiger partial charge < -0.3 is 10.6 Å². The van der Waals surface area contributed by atoms with Crippen molar-refractivity contribution < 1.29 is 4.79 Å². The summed E-state index contributed by atoms with van der Waals surface area (Å²) in [5.74, 6) is 0.177. The van der Waals surface area contributed by atoms with Crippen LogP contribution < -0.4 is 5.73 Å². The average Bonchev–Trinajstić information content (AvgIpc) is 2.98. The van der Waals surface area contributed by atoms with Gasteiger partial charge in [0.05, 0.1) is 11.3 Å². The maximum atomic E-state index is 13.1. The molecule has 134 valence electrons. The predicted molar refractivity (Wildman–Crippen MR) is 107 cm³/mol. The smallest absolute Gasteiger partial charge is 0.196 e. The van der Waals surface area contributed by atoms with Crippen LogP contribution in [0.25, 0.3) is 11.3 Å². The van der Waals surface area contributed by atoms with E-state index in [1.807, 2.05) is 24.3 Å². The van der Waals surface area contributed by atoms with Gasteiger partial charge in [-0.25, -0.2) is 0 Å². The molecule has 0 fully saturated rings. The lowest BCUT2D eigenvalue weighted by Gasteiger charge is -2.32. The Bertz CT molecular complexity index is 853. The third-order valence-corrected chi connectivity index (χ3v) is 5.49. The number of ketones is 1. The van der Waals surface area contributed by atoms with E-state index < -0.39 is 0 Å². The largest absolute Gasteiger partial charge is 0.366 e. The normalized spacial score (nSPS) is 15.1. The summed E-state index contributed by atoms with van der Waals surface area (Å²) in [5.41, 5.74) is 11.9. The maximum absolute atomic E-state index is 13.1. The standard InChI is InChI=1S/C23H26N2O/c24-14-8-2-1-3-9-15-25-16-17-10-4-5-11-18(17)21-22(25)19-12-6-7-13-20(19)23(21)26/h4-7,10-13H,1-3,8-9,14-16,24H2. The number of carbonyl (C=O) groups is 1. The molecule has 2 N–H and O–H groups in total. The van der Waals surface area contributed by atoms with Crippen LogP contribution in [0, 0.1) is 0 Å². The number of Topliss-reactive ketones (excluding diaryl/α,β-unsaturated/α-hetero) is 1. The van der Waals surface area contributed by atoms with E-state index in [-0.39, 0.29) is 5.78 Å². The van der Waals surface area contributed by atoms with E-state index in [1.165, 1.54) is 24.8 Å². The Morgan fingerprint density at radius 1 is 0.808 bits per heavy atom. The first-order valence-corrected chi connectivity index (χ1v) is 9.73. The second-order valence-corrected chi connectivity index (χ2v) is 7.23. The van der Waals surface area contributed by atoms with E-state index in [1.54, 1.807) is 0 Å². The van der Waals surface area contributed by atoms with Crippen LogP contribution in [0.1, 0.15) is 59.2 Å². The Morgan fingerprint density at radius 3 is 2.27 bits per heavy atom. The monoisotopic (exact) mass is 346 g/mol. The van der Waals surface area contributed by atoms with Crippen molar-refractivity contribution in [2.24, 2.45) is 5.73 Å². The van der Waals surface area contributed by atoms with Crippen molar-refractivity contribution in [2.75, 3.05) is 13.1 Å². The molecule has 3 heteroatoms. The minimum absolute atomic E-state index is 0.177. The number of allylic oxidation sites excluding steroid dienone is 1. The molecule has 1 aliphatic carbocycles. The van der Waals surface area contributed by atoms with Crippen molar-refractivity contribution in [3.8, 4) is 0 Å². The van der Waals surface area contributed by atoms with Crippen LogP contribution >= 0.6 is 0 Å². The van der Waals surface area contributed by atoms with Gasteiger partial charge in [-0.3, -0.25) is 4.79 Å². The molecule has 0 saturated carbocycles. The van der Waals surface area contributed by atoms with Crippen molar-refractivity contribution in [1.29, 1.82) is 0 Å². The molecular formula is C23H26N2O. The van der Waals surface area contributed by atoms with Crippen molar-refractivity contribution in [2.45, 2.75) is 38.6 Å². The minimum Gasteiger partial charge on any atom is -0.366 e. The summed E-state index contributed by atoms with van der Waals surface area (Å²) < 4.78 is 0. The van der Waals surface area contributed by atoms with Gasteiger partial charge in [0.15, 0.2) is 5.78 Å². The average molecular weight is 346 g/mol. The number of rotatable bonds is 7. The summed E-state index contributed by atoms with van der Waals surface area (Å²) in [6.07, 6.45) is 5.95. The lowest BCUT2D eigenvalue weighted by molar-refractivity contribution is 0.105. The highest BCUT2D eigenvalue weighted by atomic mass is 16.1. The lowest BCUT2D eigenvalue weighted by Crippen LogP contribution is -2.27. The van der Waals surface area contributed by atoms with E-state index in [0.29, 0.717) is 0 Å². The highest BCUT2D eigenvalue weighted by Gasteiger charge is 2.36. The van der Waals surface area contributed by atoms with Crippen molar-refractivity contribution in [3.63, 3.8) is 0 Å². The van der Waals surface area contributed by atoms with Crippen LogP contribution in [0.5, 0.6) is 0 Å². The number of nitrogens with zero attached hydrogens (tertiary/aromatic N) is 1. The predicted octanol–water partition coefficient (Wildman–Crippen LogP) is 4.48. The first-order chi connectivity index (χ1) is 12.8. The summed E-state index contributed by atoms with van der Waals surface area (Å²) in [5, 5.41) is 0. The van der Waals surface area contributed by atoms with Gasteiger partial charge in [0.2, 0.25) is 0 Å². The van der Waals surface area contributed by atoms with Crippen LogP contribution in [0.3, 0.4) is 0 Å². The molecule has 0 amide bonds. The number of hydrogen-bond donors (Lipinski definition) is 1. The molecule has 1 heterocycles. The summed E-state index contributed by atoms with van der Waals surface area (Å²) in [7, 11) is 0. The van der Waals surface area contributed by atoms with Crippen LogP contribution in [0.2, 0.25) is 0 Å². The Morgan fingerprint density at radius 2 is 1.46 bits per heavy atom. The van der Waals surface area contributed by atoms with Crippen LogP contribution in [0.15, 0.2) is 48.5 Å². The third kappa shape index (κ3) is 2.97. The topological polar surface area (TPSA) is 46.3 Å². The molecule has 3 nitrogen and oxygen atoms in total. The second-order valence-electron chi connectivity index (χ2n) is 7.23. The number of nitrogens with two attached hydrogens (primary N) is 1. The molecule has 2 aromatic rings. The fourth-order valence-corrected chi connectivity index (χ4v) is 4.20. The van der Waals surface area contributed by atoms with Crippen molar-refractivity contribution >= 4 is 17.1 Å². The van der Waals surface area contributed by atoms with Gasteiger partial charge in [0.1, 0.15) is 0 Å². The molecule has 1 aliphatic heterocycles. The van der Waals surface area contributed by atoms with Gasteiger partial charge in [-0.1, -0.05) is 67.8 Å². The number of fused-ring (bicyclic) bond motifs is 4. The van der Waals surface area contributed by atoms with Crippen molar-refractivity contribution in [1.82, 2.24) is 4.90 Å². The van der Waals surface area contributed by atoms with Crippen LogP contribution in [-0.4, -0.2) is 23.8 Å². The first-order valence-electron chi connectivity index (χ1n) is 9.73. The summed E-state index contributed by atoms with van der Waals surface area (Å²) in [4.78, 5) is 15.5. The highest BCUT2D eigenvalue weighted by Crippen LogP contribution is 2.44. The molecule has 0 unspecified atom stereocenters. The van der Waals surface area contributed by atoms with Gasteiger partial charge in [-0.2, -0.15) is 0 Å². The third-order valence-electron chi connectivity index (χ3n) is 5.49. The molecule has 2 aromatic carbocycles. The molecule has 0 radical (unpaired) electrons. The van der Waals surface area contributed by atoms with E-state index in [2.05, 4.69) is 29.2 Å². The number of unbranched alkanes of at least 4 members (excludes halogenated alkanes) is 4. The van der Waals surface area contributed by atoms with Crippen LogP contribution in [-0.2, 0) is 6.54 Å². The molecule has 0 saturated heterocycles. The number of hydrogen-bond acceptors (Lipinski definition) is 3. The summed E-state index contributed by atoms with van der Waals surface area (Å²) in [6.45, 7) is 2.68. The van der Waals surface area contributed by atoms with Gasteiger partial charge >= 0.3 is 0 Å². The fraction of sp³-hybridized carbons (Fsp3) is 0.348. The molecule has 26 heavy (non-hydrogen) atoms. The zero-order valence-electron chi connectivity index (χ0n) is 15.2. The molecule has 0 bridgehead atoms. The number of benzene rings is 2. The fourth-order valence-electron chi connectivity index (χ4n) is 4.20. The highest BCUT2D eigenvalue weighted by molar-refractivity contribution is 6.40. The zero-order chi connectivity index (χ0) is 17.9. The van der Waals surface area contributed by atoms with Gasteiger partial charge in [-0.15, -0.1) is 0 Å². The Balaban J connectivity index is 1.61. The molecular weight excluding hydrogens is 320 g/mol. The molecule has 0 atom stereocenters. The van der Waals surface area contributed by atoms with Gasteiger partial charge in [0.25, 0.3) is 0 Å². The molecule has 0 spiro atoms. The van der Waals surface area contributed by atoms with E-state index >= 15 is 0 Å². The maximum Gasteiger partial charge on any atom is 0.196 e. The van der Waals surface area contributed by atoms with E-state index in [9.17, 15) is 4.79 Å². The zero-order valence-corrected chi connectivity index (χ0v) is 15.2. The minimum atomic E-state index is 0.177. The summed E-state index contributed by atoms with van der Waals surface area (Å²) >= 11 is 0. The molecule has 2 aliphatic rings. The second kappa shape index (κ2) is 7.46. The quantitative estimate of drug-likeness (QED) is 0.752. The van der Waals surface area contributed by atoms with E-state index in [0.717, 1.165) is 60.4 Å². The Hall–Kier alpha value is -2.39.